The molecule has 1 aromatic carbocycles. The number of ether oxygens (including phenoxy) is 1. The number of aromatic nitrogens is 2. The molecule has 1 aliphatic rings. The van der Waals surface area contributed by atoms with E-state index < -0.39 is 5.82 Å². The molecule has 5 nitrogen and oxygen atoms in total. The lowest BCUT2D eigenvalue weighted by Crippen LogP contribution is -2.23. The first-order chi connectivity index (χ1) is 13.6. The summed E-state index contributed by atoms with van der Waals surface area (Å²) in [7, 11) is 0. The molecule has 0 spiro atoms. The number of thioether (sulfide) groups is 1. The van der Waals surface area contributed by atoms with Gasteiger partial charge in [0, 0.05) is 4.88 Å². The molecule has 0 N–H and O–H groups in total. The number of rotatable bonds is 5. The molecule has 4 rings (SSSR count). The molecule has 0 saturated heterocycles. The lowest BCUT2D eigenvalue weighted by atomic mass is 9.97. The average molecular weight is 419 g/mol. The number of nitrogens with zero attached hydrogens (tertiary/aromatic N) is 2. The number of thiophene rings is 1. The maximum absolute atomic E-state index is 13.8. The third-order valence-corrected chi connectivity index (χ3v) is 6.75. The van der Waals surface area contributed by atoms with Crippen LogP contribution in [-0.4, -0.2) is 27.9 Å². The Morgan fingerprint density at radius 1 is 1.36 bits per heavy atom. The lowest BCUT2D eigenvalue weighted by molar-refractivity contribution is -0.139. The first-order valence-electron chi connectivity index (χ1n) is 9.20. The van der Waals surface area contributed by atoms with Crippen molar-refractivity contribution >= 4 is 39.3 Å². The Kier molecular flexibility index (Phi) is 5.50. The van der Waals surface area contributed by atoms with Gasteiger partial charge in [0.25, 0.3) is 5.56 Å². The minimum Gasteiger partial charge on any atom is -0.465 e. The first kappa shape index (κ1) is 19.1. The average Bonchev–Trinajstić information content (AvgIpc) is 3.05. The molecule has 0 atom stereocenters. The SMILES string of the molecule is CCOC(=O)CSc1nc2sc3c(c2c(=O)n1-c1cccc(F)c1)CCCC3. The van der Waals surface area contributed by atoms with Gasteiger partial charge in [-0.15, -0.1) is 11.3 Å². The topological polar surface area (TPSA) is 61.2 Å². The number of carbonyl (C=O) groups is 1. The Morgan fingerprint density at radius 3 is 2.96 bits per heavy atom. The molecule has 0 saturated carbocycles. The maximum atomic E-state index is 13.8. The summed E-state index contributed by atoms with van der Waals surface area (Å²) in [5, 5.41) is 0.999. The molecule has 2 aromatic heterocycles. The van der Waals surface area contributed by atoms with Crippen LogP contribution in [0.4, 0.5) is 4.39 Å². The zero-order valence-electron chi connectivity index (χ0n) is 15.4. The van der Waals surface area contributed by atoms with Crippen molar-refractivity contribution in [2.24, 2.45) is 0 Å². The molecule has 0 radical (unpaired) electrons. The van der Waals surface area contributed by atoms with E-state index in [0.717, 1.165) is 43.0 Å². The van der Waals surface area contributed by atoms with Crippen molar-refractivity contribution < 1.29 is 13.9 Å². The highest BCUT2D eigenvalue weighted by molar-refractivity contribution is 7.99. The van der Waals surface area contributed by atoms with E-state index in [2.05, 4.69) is 0 Å². The molecule has 3 aromatic rings. The first-order valence-corrected chi connectivity index (χ1v) is 11.0. The van der Waals surface area contributed by atoms with Crippen molar-refractivity contribution in [2.45, 2.75) is 37.8 Å². The molecule has 0 aliphatic heterocycles. The fourth-order valence-corrected chi connectivity index (χ4v) is 5.57. The minimum absolute atomic E-state index is 0.0339. The summed E-state index contributed by atoms with van der Waals surface area (Å²) in [5.74, 6) is -0.775. The predicted octanol–water partition coefficient (Wildman–Crippen LogP) is 4.12. The molecule has 0 unspecified atom stereocenters. The van der Waals surface area contributed by atoms with Crippen LogP contribution in [0.25, 0.3) is 15.9 Å². The molecular weight excluding hydrogens is 399 g/mol. The molecule has 28 heavy (non-hydrogen) atoms. The van der Waals surface area contributed by atoms with Gasteiger partial charge in [0.05, 0.1) is 23.4 Å². The third kappa shape index (κ3) is 3.58. The van der Waals surface area contributed by atoms with Crippen LogP contribution >= 0.6 is 23.1 Å². The quantitative estimate of drug-likeness (QED) is 0.354. The monoisotopic (exact) mass is 418 g/mol. The van der Waals surface area contributed by atoms with Gasteiger partial charge in [0.15, 0.2) is 5.16 Å². The van der Waals surface area contributed by atoms with E-state index >= 15 is 0 Å². The number of halogens is 1. The Balaban J connectivity index is 1.89. The smallest absolute Gasteiger partial charge is 0.316 e. The van der Waals surface area contributed by atoms with Gasteiger partial charge in [0.2, 0.25) is 0 Å². The van der Waals surface area contributed by atoms with Gasteiger partial charge in [-0.2, -0.15) is 0 Å². The summed E-state index contributed by atoms with van der Waals surface area (Å²) in [6, 6.07) is 5.87. The summed E-state index contributed by atoms with van der Waals surface area (Å²) in [6.07, 6.45) is 3.99. The van der Waals surface area contributed by atoms with E-state index in [-0.39, 0.29) is 17.3 Å². The van der Waals surface area contributed by atoms with E-state index in [1.807, 2.05) is 0 Å². The number of esters is 1. The van der Waals surface area contributed by atoms with Crippen molar-refractivity contribution in [1.29, 1.82) is 0 Å². The van der Waals surface area contributed by atoms with Crippen molar-refractivity contribution in [3.8, 4) is 5.69 Å². The number of aryl methyl sites for hydroxylation is 2. The summed E-state index contributed by atoms with van der Waals surface area (Å²) in [5.41, 5.74) is 1.28. The second-order valence-corrected chi connectivity index (χ2v) is 8.53. The lowest BCUT2D eigenvalue weighted by Gasteiger charge is -2.13. The number of fused-ring (bicyclic) bond motifs is 3. The summed E-state index contributed by atoms with van der Waals surface area (Å²) in [4.78, 5) is 31.8. The maximum Gasteiger partial charge on any atom is 0.316 e. The van der Waals surface area contributed by atoms with E-state index in [9.17, 15) is 14.0 Å². The molecule has 0 amide bonds. The second kappa shape index (κ2) is 8.05. The molecule has 1 aliphatic carbocycles. The van der Waals surface area contributed by atoms with Crippen LogP contribution in [-0.2, 0) is 22.4 Å². The van der Waals surface area contributed by atoms with Gasteiger partial charge in [-0.05, 0) is 56.4 Å². The minimum atomic E-state index is -0.432. The zero-order valence-corrected chi connectivity index (χ0v) is 17.0. The third-order valence-electron chi connectivity index (χ3n) is 4.65. The Morgan fingerprint density at radius 2 is 2.18 bits per heavy atom. The van der Waals surface area contributed by atoms with Crippen LogP contribution < -0.4 is 5.56 Å². The van der Waals surface area contributed by atoms with Crippen molar-refractivity contribution in [3.63, 3.8) is 0 Å². The van der Waals surface area contributed by atoms with E-state index in [0.29, 0.717) is 27.7 Å². The van der Waals surface area contributed by atoms with Crippen LogP contribution in [0.3, 0.4) is 0 Å². The van der Waals surface area contributed by atoms with Crippen LogP contribution in [0.2, 0.25) is 0 Å². The van der Waals surface area contributed by atoms with E-state index in [1.54, 1.807) is 30.4 Å². The highest BCUT2D eigenvalue weighted by atomic mass is 32.2. The summed E-state index contributed by atoms with van der Waals surface area (Å²) >= 11 is 2.68. The highest BCUT2D eigenvalue weighted by Gasteiger charge is 2.23. The van der Waals surface area contributed by atoms with E-state index in [4.69, 9.17) is 9.72 Å². The molecule has 8 heteroatoms. The molecule has 2 heterocycles. The van der Waals surface area contributed by atoms with Gasteiger partial charge >= 0.3 is 5.97 Å². The van der Waals surface area contributed by atoms with Crippen LogP contribution in [0.1, 0.15) is 30.2 Å². The summed E-state index contributed by atoms with van der Waals surface area (Å²) in [6.45, 7) is 2.03. The van der Waals surface area contributed by atoms with Crippen LogP contribution in [0.15, 0.2) is 34.2 Å². The predicted molar refractivity (Wildman–Crippen MR) is 109 cm³/mol. The molecule has 0 fully saturated rings. The zero-order chi connectivity index (χ0) is 19.7. The van der Waals surface area contributed by atoms with Crippen molar-refractivity contribution in [3.05, 3.63) is 50.9 Å². The normalized spacial score (nSPS) is 13.5. The number of hydrogen-bond donors (Lipinski definition) is 0. The van der Waals surface area contributed by atoms with Crippen LogP contribution in [0.5, 0.6) is 0 Å². The number of carbonyl (C=O) groups excluding carboxylic acids is 1. The van der Waals surface area contributed by atoms with Gasteiger partial charge in [0.1, 0.15) is 10.6 Å². The van der Waals surface area contributed by atoms with E-state index in [1.165, 1.54) is 21.6 Å². The molecule has 0 bridgehead atoms. The fraction of sp³-hybridized carbons (Fsp3) is 0.350. The standard InChI is InChI=1S/C20H19FN2O3S2/c1-2-26-16(24)11-27-20-22-18-17(14-8-3-4-9-15(14)28-18)19(25)23(20)13-7-5-6-12(21)10-13/h5-7,10H,2-4,8-9,11H2,1H3. The van der Waals surface area contributed by atoms with Gasteiger partial charge in [-0.25, -0.2) is 9.37 Å². The summed E-state index contributed by atoms with van der Waals surface area (Å²) < 4.78 is 20.2. The molecular formula is C20H19FN2O3S2. The van der Waals surface area contributed by atoms with Crippen molar-refractivity contribution in [2.75, 3.05) is 12.4 Å². The molecule has 146 valence electrons. The Bertz CT molecular complexity index is 1110. The fourth-order valence-electron chi connectivity index (χ4n) is 3.45. The van der Waals surface area contributed by atoms with Crippen molar-refractivity contribution in [1.82, 2.24) is 9.55 Å². The largest absolute Gasteiger partial charge is 0.465 e. The highest BCUT2D eigenvalue weighted by Crippen LogP contribution is 2.35. The van der Waals surface area contributed by atoms with Gasteiger partial charge in [-0.3, -0.25) is 14.2 Å². The second-order valence-electron chi connectivity index (χ2n) is 6.50. The van der Waals surface area contributed by atoms with Crippen LogP contribution in [0, 0.1) is 5.82 Å². The Labute approximate surface area is 169 Å². The Hall–Kier alpha value is -2.19. The van der Waals surface area contributed by atoms with Gasteiger partial charge in [-0.1, -0.05) is 17.8 Å². The number of hydrogen-bond acceptors (Lipinski definition) is 6. The van der Waals surface area contributed by atoms with Gasteiger partial charge < -0.3 is 4.74 Å². The number of benzene rings is 1.